The summed E-state index contributed by atoms with van der Waals surface area (Å²) in [7, 11) is 3.32. The van der Waals surface area contributed by atoms with Crippen LogP contribution in [0.15, 0.2) is 22.9 Å². The number of benzene rings is 1. The van der Waals surface area contributed by atoms with Crippen molar-refractivity contribution in [1.29, 1.82) is 0 Å². The Morgan fingerprint density at radius 2 is 2.00 bits per heavy atom. The molecule has 3 aromatic heterocycles. The molecule has 4 rings (SSSR count). The number of rotatable bonds is 5. The van der Waals surface area contributed by atoms with E-state index in [1.165, 1.54) is 0 Å². The molecule has 0 saturated carbocycles. The highest BCUT2D eigenvalue weighted by atomic mass is 35.5. The van der Waals surface area contributed by atoms with E-state index in [4.69, 9.17) is 25.6 Å². The van der Waals surface area contributed by atoms with Gasteiger partial charge in [-0.1, -0.05) is 5.16 Å². The lowest BCUT2D eigenvalue weighted by atomic mass is 10.0. The van der Waals surface area contributed by atoms with E-state index in [2.05, 4.69) is 15.1 Å². The van der Waals surface area contributed by atoms with Crippen molar-refractivity contribution in [1.82, 2.24) is 19.7 Å². The van der Waals surface area contributed by atoms with Crippen molar-refractivity contribution in [3.63, 3.8) is 0 Å². The molecular weight excluding hydrogens is 380 g/mol. The number of aryl methyl sites for hydroxylation is 2. The van der Waals surface area contributed by atoms with Crippen molar-refractivity contribution in [3.05, 3.63) is 35.1 Å². The molecule has 1 aromatic carbocycles. The molecule has 146 valence electrons. The summed E-state index contributed by atoms with van der Waals surface area (Å²) >= 11 is 6.44. The molecule has 4 aromatic rings. The van der Waals surface area contributed by atoms with Crippen LogP contribution in [-0.4, -0.2) is 40.5 Å². The van der Waals surface area contributed by atoms with Gasteiger partial charge in [-0.05, 0) is 44.5 Å². The second kappa shape index (κ2) is 7.07. The number of halogens is 1. The molecule has 7 nitrogen and oxygen atoms in total. The first-order valence-electron chi connectivity index (χ1n) is 8.92. The maximum Gasteiger partial charge on any atom is 0.204 e. The van der Waals surface area contributed by atoms with Gasteiger partial charge in [0.15, 0.2) is 0 Å². The molecule has 0 amide bonds. The number of aromatic nitrogens is 4. The fourth-order valence-corrected chi connectivity index (χ4v) is 4.07. The molecule has 0 fully saturated rings. The zero-order valence-corrected chi connectivity index (χ0v) is 17.2. The van der Waals surface area contributed by atoms with Gasteiger partial charge in [-0.2, -0.15) is 0 Å². The lowest BCUT2D eigenvalue weighted by Gasteiger charge is -2.16. The first-order chi connectivity index (χ1) is 13.5. The van der Waals surface area contributed by atoms with E-state index in [9.17, 15) is 0 Å². The minimum absolute atomic E-state index is 0.0151. The first-order valence-corrected chi connectivity index (χ1v) is 9.30. The minimum atomic E-state index is 0.0151. The molecule has 1 unspecified atom stereocenters. The lowest BCUT2D eigenvalue weighted by molar-refractivity contribution is 0.164. The molecule has 0 N–H and O–H groups in total. The zero-order valence-electron chi connectivity index (χ0n) is 16.4. The summed E-state index contributed by atoms with van der Waals surface area (Å²) < 4.78 is 18.3. The minimum Gasteiger partial charge on any atom is -0.496 e. The summed E-state index contributed by atoms with van der Waals surface area (Å²) in [5, 5.41) is 5.38. The highest BCUT2D eigenvalue weighted by molar-refractivity contribution is 6.29. The smallest absolute Gasteiger partial charge is 0.204 e. The summed E-state index contributed by atoms with van der Waals surface area (Å²) in [4.78, 5) is 9.07. The predicted molar refractivity (Wildman–Crippen MR) is 108 cm³/mol. The molecule has 8 heteroatoms. The Morgan fingerprint density at radius 1 is 1.21 bits per heavy atom. The molecule has 0 radical (unpaired) electrons. The Hall–Kier alpha value is -2.64. The van der Waals surface area contributed by atoms with Crippen LogP contribution in [0.25, 0.3) is 33.1 Å². The topological polar surface area (TPSA) is 75.2 Å². The van der Waals surface area contributed by atoms with E-state index in [0.717, 1.165) is 44.5 Å². The Balaban J connectivity index is 2.05. The van der Waals surface area contributed by atoms with Crippen LogP contribution in [0.1, 0.15) is 24.4 Å². The van der Waals surface area contributed by atoms with Gasteiger partial charge in [-0.3, -0.25) is 4.98 Å². The van der Waals surface area contributed by atoms with E-state index in [1.54, 1.807) is 20.4 Å². The quantitative estimate of drug-likeness (QED) is 0.482. The standard InChI is InChI=1S/C20H21ClN4O3/c1-10(9-26-4)25-19-13-7-17(27-5)14(18-11(2)24-28-12(18)3)6-15(13)22-8-16(19)23-20(25)21/h6-8,10H,9H2,1-5H3. The average molecular weight is 401 g/mol. The van der Waals surface area contributed by atoms with Gasteiger partial charge < -0.3 is 18.6 Å². The van der Waals surface area contributed by atoms with Gasteiger partial charge in [0.2, 0.25) is 5.28 Å². The van der Waals surface area contributed by atoms with Crippen LogP contribution in [0.2, 0.25) is 5.28 Å². The molecule has 0 spiro atoms. The molecule has 28 heavy (non-hydrogen) atoms. The highest BCUT2D eigenvalue weighted by Gasteiger charge is 2.21. The Bertz CT molecular complexity index is 1160. The van der Waals surface area contributed by atoms with Crippen LogP contribution in [0.5, 0.6) is 5.75 Å². The van der Waals surface area contributed by atoms with E-state index < -0.39 is 0 Å². The number of pyridine rings is 1. The first kappa shape index (κ1) is 18.7. The van der Waals surface area contributed by atoms with Crippen LogP contribution >= 0.6 is 11.6 Å². The molecular formula is C20H21ClN4O3. The van der Waals surface area contributed by atoms with E-state index in [1.807, 2.05) is 37.5 Å². The number of fused-ring (bicyclic) bond motifs is 3. The monoisotopic (exact) mass is 400 g/mol. The summed E-state index contributed by atoms with van der Waals surface area (Å²) in [6.07, 6.45) is 1.74. The predicted octanol–water partition coefficient (Wildman–Crippen LogP) is 4.73. The maximum atomic E-state index is 6.44. The summed E-state index contributed by atoms with van der Waals surface area (Å²) in [6, 6.07) is 3.98. The largest absolute Gasteiger partial charge is 0.496 e. The SMILES string of the molecule is COCC(C)n1c(Cl)nc2cnc3cc(-c4c(C)noc4C)c(OC)cc3c21. The van der Waals surface area contributed by atoms with Crippen LogP contribution in [0.3, 0.4) is 0 Å². The van der Waals surface area contributed by atoms with Crippen LogP contribution in [0.4, 0.5) is 0 Å². The van der Waals surface area contributed by atoms with Crippen molar-refractivity contribution >= 4 is 33.5 Å². The van der Waals surface area contributed by atoms with Gasteiger partial charge in [0, 0.05) is 18.1 Å². The normalized spacial score (nSPS) is 12.8. The fourth-order valence-electron chi connectivity index (χ4n) is 3.72. The number of hydrogen-bond donors (Lipinski definition) is 0. The second-order valence-corrected chi connectivity index (χ2v) is 7.15. The maximum absolute atomic E-state index is 6.44. The lowest BCUT2D eigenvalue weighted by Crippen LogP contribution is -2.11. The fraction of sp³-hybridized carbons (Fsp3) is 0.350. The van der Waals surface area contributed by atoms with Crippen molar-refractivity contribution in [2.45, 2.75) is 26.8 Å². The number of imidazole rings is 1. The second-order valence-electron chi connectivity index (χ2n) is 6.82. The molecule has 3 heterocycles. The van der Waals surface area contributed by atoms with Crippen molar-refractivity contribution in [2.75, 3.05) is 20.8 Å². The van der Waals surface area contributed by atoms with Crippen LogP contribution < -0.4 is 4.74 Å². The number of ether oxygens (including phenoxy) is 2. The Kier molecular flexibility index (Phi) is 4.72. The van der Waals surface area contributed by atoms with Crippen LogP contribution in [-0.2, 0) is 4.74 Å². The third kappa shape index (κ3) is 2.82. The number of nitrogens with zero attached hydrogens (tertiary/aromatic N) is 4. The summed E-state index contributed by atoms with van der Waals surface area (Å²) in [5.41, 5.74) is 5.06. The van der Waals surface area contributed by atoms with E-state index in [0.29, 0.717) is 17.6 Å². The van der Waals surface area contributed by atoms with Gasteiger partial charge in [-0.25, -0.2) is 4.98 Å². The molecule has 0 saturated heterocycles. The van der Waals surface area contributed by atoms with Gasteiger partial charge >= 0.3 is 0 Å². The van der Waals surface area contributed by atoms with Crippen molar-refractivity contribution in [3.8, 4) is 16.9 Å². The Labute approximate surface area is 167 Å². The van der Waals surface area contributed by atoms with Crippen molar-refractivity contribution < 1.29 is 14.0 Å². The number of hydrogen-bond acceptors (Lipinski definition) is 6. The molecule has 0 bridgehead atoms. The third-order valence-electron chi connectivity index (χ3n) is 4.95. The van der Waals surface area contributed by atoms with Gasteiger partial charge in [-0.15, -0.1) is 0 Å². The van der Waals surface area contributed by atoms with Crippen LogP contribution in [0, 0.1) is 13.8 Å². The molecule has 0 aliphatic carbocycles. The third-order valence-corrected chi connectivity index (χ3v) is 5.21. The number of methoxy groups -OCH3 is 2. The van der Waals surface area contributed by atoms with Gasteiger partial charge in [0.25, 0.3) is 0 Å². The molecule has 0 aliphatic rings. The molecule has 0 aliphatic heterocycles. The molecule has 1 atom stereocenters. The summed E-state index contributed by atoms with van der Waals surface area (Å²) in [5.74, 6) is 1.44. The van der Waals surface area contributed by atoms with Crippen molar-refractivity contribution in [2.24, 2.45) is 0 Å². The average Bonchev–Trinajstić information content (AvgIpc) is 3.19. The van der Waals surface area contributed by atoms with Gasteiger partial charge in [0.1, 0.15) is 17.0 Å². The zero-order chi connectivity index (χ0) is 20.0. The van der Waals surface area contributed by atoms with Gasteiger partial charge in [0.05, 0.1) is 48.2 Å². The Morgan fingerprint density at radius 3 is 2.64 bits per heavy atom. The van der Waals surface area contributed by atoms with E-state index >= 15 is 0 Å². The summed E-state index contributed by atoms with van der Waals surface area (Å²) in [6.45, 7) is 6.35. The highest BCUT2D eigenvalue weighted by Crippen LogP contribution is 2.39. The van der Waals surface area contributed by atoms with E-state index in [-0.39, 0.29) is 6.04 Å².